The Labute approximate surface area is 136 Å². The van der Waals surface area contributed by atoms with E-state index < -0.39 is 6.10 Å². The summed E-state index contributed by atoms with van der Waals surface area (Å²) >= 11 is 0. The molecular weight excluding hydrogens is 288 g/mol. The average molecular weight is 310 g/mol. The number of benzene rings is 2. The lowest BCUT2D eigenvalue weighted by Crippen LogP contribution is -2.48. The second kappa shape index (κ2) is 6.32. The van der Waals surface area contributed by atoms with Gasteiger partial charge in [-0.2, -0.15) is 0 Å². The van der Waals surface area contributed by atoms with Crippen LogP contribution in [0.25, 0.3) is 0 Å². The maximum absolute atomic E-state index is 12.9. The normalized spacial score (nSPS) is 17.1. The first kappa shape index (κ1) is 15.4. The summed E-state index contributed by atoms with van der Waals surface area (Å²) in [6.07, 6.45) is 0.0743. The predicted octanol–water partition coefficient (Wildman–Crippen LogP) is 3.26. The minimum absolute atomic E-state index is 0.000605. The summed E-state index contributed by atoms with van der Waals surface area (Å²) in [7, 11) is 0. The molecule has 2 N–H and O–H groups in total. The van der Waals surface area contributed by atoms with E-state index in [0.29, 0.717) is 24.6 Å². The van der Waals surface area contributed by atoms with Gasteiger partial charge < -0.3 is 15.4 Å². The van der Waals surface area contributed by atoms with Crippen LogP contribution in [0.3, 0.4) is 0 Å². The molecule has 0 radical (unpaired) electrons. The van der Waals surface area contributed by atoms with Gasteiger partial charge in [0, 0.05) is 18.7 Å². The van der Waals surface area contributed by atoms with Crippen LogP contribution in [-0.2, 0) is 11.2 Å². The maximum Gasteiger partial charge on any atom is 0.268 e. The van der Waals surface area contributed by atoms with Gasteiger partial charge in [0.1, 0.15) is 5.75 Å². The van der Waals surface area contributed by atoms with Gasteiger partial charge in [0.15, 0.2) is 6.10 Å². The molecule has 0 bridgehead atoms. The largest absolute Gasteiger partial charge is 0.478 e. The number of rotatable bonds is 4. The Bertz CT molecular complexity index is 698. The predicted molar refractivity (Wildman–Crippen MR) is 92.6 cm³/mol. The highest BCUT2D eigenvalue weighted by Crippen LogP contribution is 2.36. The Kier molecular flexibility index (Phi) is 4.24. The highest BCUT2D eigenvalue weighted by molar-refractivity contribution is 6.00. The smallest absolute Gasteiger partial charge is 0.268 e. The van der Waals surface area contributed by atoms with Crippen LogP contribution in [0.5, 0.6) is 5.75 Å². The highest BCUT2D eigenvalue weighted by atomic mass is 16.5. The van der Waals surface area contributed by atoms with Crippen LogP contribution in [0.15, 0.2) is 48.5 Å². The first-order valence-electron chi connectivity index (χ1n) is 7.96. The fraction of sp³-hybridized carbons (Fsp3) is 0.316. The Morgan fingerprint density at radius 2 is 1.91 bits per heavy atom. The van der Waals surface area contributed by atoms with Crippen molar-refractivity contribution >= 4 is 17.3 Å². The van der Waals surface area contributed by atoms with Crippen LogP contribution in [-0.4, -0.2) is 18.6 Å². The van der Waals surface area contributed by atoms with E-state index in [0.717, 1.165) is 17.0 Å². The summed E-state index contributed by atoms with van der Waals surface area (Å²) < 4.78 is 5.97. The first-order chi connectivity index (χ1) is 11.0. The lowest BCUT2D eigenvalue weighted by molar-refractivity contribution is -0.126. The summed E-state index contributed by atoms with van der Waals surface area (Å²) in [4.78, 5) is 14.7. The van der Waals surface area contributed by atoms with Crippen molar-refractivity contribution in [3.8, 4) is 5.75 Å². The molecule has 1 aliphatic heterocycles. The number of nitrogens with two attached hydrogens (primary N) is 1. The number of nitrogen functional groups attached to an aromatic ring is 1. The minimum Gasteiger partial charge on any atom is -0.478 e. The molecule has 0 aromatic heterocycles. The van der Waals surface area contributed by atoms with Crippen LogP contribution in [0.2, 0.25) is 0 Å². The van der Waals surface area contributed by atoms with Crippen LogP contribution in [0, 0.1) is 5.92 Å². The zero-order valence-corrected chi connectivity index (χ0v) is 13.5. The van der Waals surface area contributed by atoms with Crippen molar-refractivity contribution in [1.29, 1.82) is 0 Å². The van der Waals surface area contributed by atoms with Crippen molar-refractivity contribution < 1.29 is 9.53 Å². The third-order valence-electron chi connectivity index (χ3n) is 3.90. The summed E-state index contributed by atoms with van der Waals surface area (Å²) in [5.74, 6) is 1.09. The van der Waals surface area contributed by atoms with Crippen LogP contribution < -0.4 is 15.4 Å². The second-order valence-corrected chi connectivity index (χ2v) is 6.37. The third-order valence-corrected chi connectivity index (χ3v) is 3.90. The van der Waals surface area contributed by atoms with Gasteiger partial charge in [-0.3, -0.25) is 4.79 Å². The number of amides is 1. The summed E-state index contributed by atoms with van der Waals surface area (Å²) in [5, 5.41) is 0. The molecule has 4 heteroatoms. The fourth-order valence-electron chi connectivity index (χ4n) is 2.85. The quantitative estimate of drug-likeness (QED) is 0.882. The van der Waals surface area contributed by atoms with Crippen LogP contribution >= 0.6 is 0 Å². The van der Waals surface area contributed by atoms with Crippen molar-refractivity contribution in [3.05, 3.63) is 54.1 Å². The Morgan fingerprint density at radius 3 is 2.61 bits per heavy atom. The summed E-state index contributed by atoms with van der Waals surface area (Å²) in [5.41, 5.74) is 8.38. The molecule has 1 atom stereocenters. The molecule has 120 valence electrons. The zero-order valence-electron chi connectivity index (χ0n) is 13.5. The number of fused-ring (bicyclic) bond motifs is 1. The zero-order chi connectivity index (χ0) is 16.4. The summed E-state index contributed by atoms with van der Waals surface area (Å²) in [6, 6.07) is 15.4. The van der Waals surface area contributed by atoms with Crippen molar-refractivity contribution in [1.82, 2.24) is 0 Å². The maximum atomic E-state index is 12.9. The van der Waals surface area contributed by atoms with Crippen LogP contribution in [0.4, 0.5) is 11.4 Å². The number of nitrogens with zero attached hydrogens (tertiary/aromatic N) is 1. The Hall–Kier alpha value is -2.49. The molecule has 0 fully saturated rings. The fourth-order valence-corrected chi connectivity index (χ4v) is 2.85. The van der Waals surface area contributed by atoms with E-state index >= 15 is 0 Å². The second-order valence-electron chi connectivity index (χ2n) is 6.37. The van der Waals surface area contributed by atoms with Crippen molar-refractivity contribution in [3.63, 3.8) is 0 Å². The lowest BCUT2D eigenvalue weighted by atomic mass is 10.0. The highest BCUT2D eigenvalue weighted by Gasteiger charge is 2.34. The third kappa shape index (κ3) is 3.31. The van der Waals surface area contributed by atoms with E-state index in [1.807, 2.05) is 53.4 Å². The molecule has 1 amide bonds. The molecule has 1 aliphatic rings. The van der Waals surface area contributed by atoms with E-state index in [1.165, 1.54) is 0 Å². The molecule has 23 heavy (non-hydrogen) atoms. The van der Waals surface area contributed by atoms with Gasteiger partial charge in [-0.1, -0.05) is 44.2 Å². The molecular formula is C19H22N2O2. The number of hydrogen-bond donors (Lipinski definition) is 1. The SMILES string of the molecule is CC(C)CN1C(=O)C(Cc2ccccc2)Oc2ccc(N)cc21. The number of carbonyl (C=O) groups excluding carboxylic acids is 1. The molecule has 4 nitrogen and oxygen atoms in total. The van der Waals surface area contributed by atoms with E-state index in [-0.39, 0.29) is 5.91 Å². The van der Waals surface area contributed by atoms with Gasteiger partial charge >= 0.3 is 0 Å². The molecule has 0 aliphatic carbocycles. The molecule has 0 saturated carbocycles. The number of anilines is 2. The number of carbonyl (C=O) groups is 1. The monoisotopic (exact) mass is 310 g/mol. The number of hydrogen-bond acceptors (Lipinski definition) is 3. The van der Waals surface area contributed by atoms with Crippen molar-refractivity contribution in [2.75, 3.05) is 17.2 Å². The van der Waals surface area contributed by atoms with Gasteiger partial charge in [-0.15, -0.1) is 0 Å². The van der Waals surface area contributed by atoms with Crippen LogP contribution in [0.1, 0.15) is 19.4 Å². The standard InChI is InChI=1S/C19H22N2O2/c1-13(2)12-21-16-11-15(20)8-9-17(16)23-18(19(21)22)10-14-6-4-3-5-7-14/h3-9,11,13,18H,10,12,20H2,1-2H3. The Balaban J connectivity index is 1.92. The van der Waals surface area contributed by atoms with E-state index in [9.17, 15) is 4.79 Å². The van der Waals surface area contributed by atoms with Gasteiger partial charge in [-0.25, -0.2) is 0 Å². The molecule has 0 saturated heterocycles. The van der Waals surface area contributed by atoms with Gasteiger partial charge in [0.2, 0.25) is 0 Å². The Morgan fingerprint density at radius 1 is 1.17 bits per heavy atom. The van der Waals surface area contributed by atoms with Gasteiger partial charge in [0.25, 0.3) is 5.91 Å². The summed E-state index contributed by atoms with van der Waals surface area (Å²) in [6.45, 7) is 4.85. The van der Waals surface area contributed by atoms with Crippen molar-refractivity contribution in [2.24, 2.45) is 5.92 Å². The van der Waals surface area contributed by atoms with Crippen molar-refractivity contribution in [2.45, 2.75) is 26.4 Å². The molecule has 2 aromatic carbocycles. The average Bonchev–Trinajstić information content (AvgIpc) is 2.53. The van der Waals surface area contributed by atoms with E-state index in [1.54, 1.807) is 0 Å². The molecule has 0 spiro atoms. The van der Waals surface area contributed by atoms with E-state index in [2.05, 4.69) is 13.8 Å². The number of ether oxygens (including phenoxy) is 1. The molecule has 3 rings (SSSR count). The first-order valence-corrected chi connectivity index (χ1v) is 7.96. The molecule has 1 unspecified atom stereocenters. The molecule has 2 aromatic rings. The van der Waals surface area contributed by atoms with E-state index in [4.69, 9.17) is 10.5 Å². The molecule has 1 heterocycles. The lowest BCUT2D eigenvalue weighted by Gasteiger charge is -2.35. The van der Waals surface area contributed by atoms with Gasteiger partial charge in [-0.05, 0) is 29.7 Å². The minimum atomic E-state index is -0.493. The van der Waals surface area contributed by atoms with Gasteiger partial charge in [0.05, 0.1) is 5.69 Å². The topological polar surface area (TPSA) is 55.6 Å².